The molecule has 0 saturated heterocycles. The number of benzene rings is 6. The lowest BCUT2D eigenvalue weighted by molar-refractivity contribution is 0.253. The van der Waals surface area contributed by atoms with Gasteiger partial charge < -0.3 is 20.4 Å². The number of phenols is 4. The molecule has 8 bridgehead atoms. The summed E-state index contributed by atoms with van der Waals surface area (Å²) in [4.78, 5) is 24.5. The van der Waals surface area contributed by atoms with E-state index in [4.69, 9.17) is 66.4 Å². The van der Waals surface area contributed by atoms with Gasteiger partial charge in [0.15, 0.2) is 0 Å². The molecule has 14 heteroatoms. The highest BCUT2D eigenvalue weighted by atomic mass is 35.5. The van der Waals surface area contributed by atoms with Gasteiger partial charge in [-0.15, -0.1) is 0 Å². The van der Waals surface area contributed by atoms with Crippen LogP contribution in [0.3, 0.4) is 0 Å². The Kier molecular flexibility index (Phi) is 18.1. The third-order valence-electron chi connectivity index (χ3n) is 14.4. The number of aromatic hydroxyl groups is 4. The van der Waals surface area contributed by atoms with E-state index in [1.807, 2.05) is 36.4 Å². The van der Waals surface area contributed by atoms with Crippen molar-refractivity contribution in [2.45, 2.75) is 115 Å². The number of halogens is 4. The van der Waals surface area contributed by atoms with Crippen LogP contribution in [0.15, 0.2) is 129 Å². The van der Waals surface area contributed by atoms with E-state index < -0.39 is 0 Å². The standard InChI is InChI=1S/C60H62Cl4N6O4/c61-49-23-41-31-65-53-15-7-9-17-55(53)67-33-43-25-51(63)29-47(59(43)73)37-70(22-20-40-13-5-2-6-14-40)38-48-30-52(64)26-44(60(48)74)34-68-56-18-10-8-16-54(56)66-32-42-24-50(62)28-46(58(42)72)36-69(35-45(27-49)57(41)71)21-19-39-11-3-1-4-12-39/h1-6,11-14,23-34,53-56,71-74H,7-10,15-22,35-38H2/t53-,54-,55-,56-/m1/s1. The van der Waals surface area contributed by atoms with Crippen molar-refractivity contribution in [2.75, 3.05) is 13.1 Å². The summed E-state index contributed by atoms with van der Waals surface area (Å²) in [6.45, 7) is 2.44. The smallest absolute Gasteiger partial charge is 0.128 e. The second-order valence-corrected chi connectivity index (χ2v) is 21.6. The third kappa shape index (κ3) is 14.0. The van der Waals surface area contributed by atoms with Crippen LogP contribution in [0.25, 0.3) is 0 Å². The summed E-state index contributed by atoms with van der Waals surface area (Å²) in [6.07, 6.45) is 15.3. The minimum Gasteiger partial charge on any atom is -0.507 e. The number of rotatable bonds is 6. The predicted octanol–water partition coefficient (Wildman–Crippen LogP) is 13.6. The maximum Gasteiger partial charge on any atom is 0.128 e. The molecule has 0 unspecified atom stereocenters. The first-order valence-electron chi connectivity index (χ1n) is 25.6. The number of fused-ring (bicyclic) bond motifs is 10. The van der Waals surface area contributed by atoms with Crippen molar-refractivity contribution in [3.8, 4) is 23.0 Å². The van der Waals surface area contributed by atoms with Crippen molar-refractivity contribution < 1.29 is 20.4 Å². The predicted molar refractivity (Wildman–Crippen MR) is 303 cm³/mol. The molecule has 4 N–H and O–H groups in total. The highest BCUT2D eigenvalue weighted by Crippen LogP contribution is 2.35. The van der Waals surface area contributed by atoms with Gasteiger partial charge in [0.1, 0.15) is 23.0 Å². The Bertz CT molecular complexity index is 2660. The van der Waals surface area contributed by atoms with Crippen LogP contribution in [-0.4, -0.2) is 92.3 Å². The summed E-state index contributed by atoms with van der Waals surface area (Å²) in [5, 5.41) is 49.5. The SMILES string of the molecule is Oc1c2cc(Cl)cc1CN(CCc1ccccc1)Cc1cc(Cl)cc(c1O)C=N[C@@H]1CCCC[C@H]1N=Cc1cc(Cl)cc(c1O)CN(CCc1ccccc1)Cc1cc(Cl)cc(c1O)C=N[C@@H]1CCCC[C@H]1N=C2. The number of hydrogen-bond donors (Lipinski definition) is 4. The lowest BCUT2D eigenvalue weighted by atomic mass is 9.91. The minimum atomic E-state index is -0.188. The first-order chi connectivity index (χ1) is 35.9. The molecule has 0 spiro atoms. The van der Waals surface area contributed by atoms with E-state index in [1.165, 1.54) is 0 Å². The normalized spacial score (nSPS) is 20.2. The Hall–Kier alpha value is -5.72. The zero-order valence-corrected chi connectivity index (χ0v) is 44.3. The molecule has 9 rings (SSSR count). The van der Waals surface area contributed by atoms with Crippen LogP contribution in [0, 0.1) is 0 Å². The molecule has 2 saturated carbocycles. The molecule has 2 fully saturated rings. The zero-order chi connectivity index (χ0) is 51.6. The van der Waals surface area contributed by atoms with Crippen molar-refractivity contribution in [3.63, 3.8) is 0 Å². The van der Waals surface area contributed by atoms with Crippen molar-refractivity contribution >= 4 is 71.3 Å². The number of nitrogens with zero attached hydrogens (tertiary/aromatic N) is 6. The van der Waals surface area contributed by atoms with Crippen molar-refractivity contribution in [1.29, 1.82) is 0 Å². The fraction of sp³-hybridized carbons (Fsp3) is 0.333. The molecular formula is C60H62Cl4N6O4. The fourth-order valence-corrected chi connectivity index (χ4v) is 11.4. The van der Waals surface area contributed by atoms with Gasteiger partial charge in [-0.25, -0.2) is 0 Å². The molecular weight excluding hydrogens is 1010 g/mol. The molecule has 2 aliphatic carbocycles. The van der Waals surface area contributed by atoms with Gasteiger partial charge in [0.05, 0.1) is 24.2 Å². The summed E-state index contributed by atoms with van der Waals surface area (Å²) in [5.41, 5.74) is 6.75. The average Bonchev–Trinajstić information content (AvgIpc) is 3.40. The minimum absolute atomic E-state index is 0.0750. The van der Waals surface area contributed by atoms with Crippen LogP contribution in [0.4, 0.5) is 0 Å². The Morgan fingerprint density at radius 1 is 0.378 bits per heavy atom. The lowest BCUT2D eigenvalue weighted by Crippen LogP contribution is -2.27. The summed E-state index contributed by atoms with van der Waals surface area (Å²) in [6, 6.07) is 33.6. The molecule has 0 radical (unpaired) electrons. The molecule has 6 aromatic rings. The van der Waals surface area contributed by atoms with E-state index >= 15 is 0 Å². The second-order valence-electron chi connectivity index (χ2n) is 19.9. The van der Waals surface area contributed by atoms with E-state index in [0.717, 1.165) is 75.3 Å². The molecule has 4 atom stereocenters. The van der Waals surface area contributed by atoms with Crippen LogP contribution in [0.1, 0.15) is 107 Å². The largest absolute Gasteiger partial charge is 0.507 e. The second kappa shape index (κ2) is 25.2. The highest BCUT2D eigenvalue weighted by Gasteiger charge is 2.27. The Morgan fingerprint density at radius 3 is 0.892 bits per heavy atom. The maximum atomic E-state index is 11.9. The Morgan fingerprint density at radius 2 is 0.635 bits per heavy atom. The lowest BCUT2D eigenvalue weighted by Gasteiger charge is -2.26. The van der Waals surface area contributed by atoms with Crippen LogP contribution >= 0.6 is 46.4 Å². The summed E-state index contributed by atoms with van der Waals surface area (Å²) in [7, 11) is 0. The Balaban J connectivity index is 1.11. The third-order valence-corrected chi connectivity index (χ3v) is 15.3. The number of aliphatic imine (C=N–C) groups is 4. The monoisotopic (exact) mass is 1070 g/mol. The maximum absolute atomic E-state index is 11.9. The highest BCUT2D eigenvalue weighted by molar-refractivity contribution is 6.32. The molecule has 1 heterocycles. The molecule has 3 aliphatic rings. The first-order valence-corrected chi connectivity index (χ1v) is 27.1. The van der Waals surface area contributed by atoms with Crippen LogP contribution in [-0.2, 0) is 39.0 Å². The quantitative estimate of drug-likeness (QED) is 0.131. The molecule has 6 aromatic carbocycles. The summed E-state index contributed by atoms with van der Waals surface area (Å²) < 4.78 is 0. The van der Waals surface area contributed by atoms with Gasteiger partial charge in [-0.3, -0.25) is 29.8 Å². The van der Waals surface area contributed by atoms with E-state index in [1.54, 1.807) is 73.4 Å². The molecule has 1 aliphatic heterocycles. The van der Waals surface area contributed by atoms with Gasteiger partial charge >= 0.3 is 0 Å². The van der Waals surface area contributed by atoms with E-state index in [-0.39, 0.29) is 47.2 Å². The molecule has 10 nitrogen and oxygen atoms in total. The van der Waals surface area contributed by atoms with Gasteiger partial charge in [-0.05, 0) is 98.2 Å². The number of hydrogen-bond acceptors (Lipinski definition) is 10. The van der Waals surface area contributed by atoms with E-state index in [9.17, 15) is 20.4 Å². The number of phenolic OH excluding ortho intramolecular Hbond substituents is 4. The van der Waals surface area contributed by atoms with Crippen molar-refractivity contribution in [3.05, 3.63) is 185 Å². The summed E-state index contributed by atoms with van der Waals surface area (Å²) >= 11 is 27.3. The van der Waals surface area contributed by atoms with Gasteiger partial charge in [-0.1, -0.05) is 133 Å². The van der Waals surface area contributed by atoms with Crippen LogP contribution in [0.5, 0.6) is 23.0 Å². The van der Waals surface area contributed by atoms with Crippen LogP contribution < -0.4 is 0 Å². The van der Waals surface area contributed by atoms with Gasteiger partial charge in [0.25, 0.3) is 0 Å². The van der Waals surface area contributed by atoms with Gasteiger partial charge in [-0.2, -0.15) is 0 Å². The van der Waals surface area contributed by atoms with Crippen molar-refractivity contribution in [1.82, 2.24) is 9.80 Å². The zero-order valence-electron chi connectivity index (χ0n) is 41.3. The molecule has 384 valence electrons. The molecule has 0 aromatic heterocycles. The molecule has 74 heavy (non-hydrogen) atoms. The van der Waals surface area contributed by atoms with Gasteiger partial charge in [0.2, 0.25) is 0 Å². The van der Waals surface area contributed by atoms with E-state index in [2.05, 4.69) is 34.1 Å². The van der Waals surface area contributed by atoms with Crippen LogP contribution in [0.2, 0.25) is 20.1 Å². The fourth-order valence-electron chi connectivity index (χ4n) is 10.4. The first kappa shape index (κ1) is 53.1. The van der Waals surface area contributed by atoms with Crippen molar-refractivity contribution in [2.24, 2.45) is 20.0 Å². The van der Waals surface area contributed by atoms with E-state index in [0.29, 0.717) is 104 Å². The molecule has 0 amide bonds. The summed E-state index contributed by atoms with van der Waals surface area (Å²) in [5.74, 6) is 0.300. The van der Waals surface area contributed by atoms with Gasteiger partial charge in [0, 0.05) is 129 Å². The topological polar surface area (TPSA) is 137 Å². The average molecular weight is 1070 g/mol. The Labute approximate surface area is 454 Å².